The van der Waals surface area contributed by atoms with Crippen LogP contribution in [0.5, 0.6) is 0 Å². The fourth-order valence-corrected chi connectivity index (χ4v) is 2.43. The van der Waals surface area contributed by atoms with Crippen molar-refractivity contribution < 1.29 is 9.59 Å². The van der Waals surface area contributed by atoms with Gasteiger partial charge in [-0.05, 0) is 18.3 Å². The molecule has 1 saturated heterocycles. The summed E-state index contributed by atoms with van der Waals surface area (Å²) in [6.07, 6.45) is 1.84. The van der Waals surface area contributed by atoms with Crippen LogP contribution in [-0.4, -0.2) is 35.8 Å². The van der Waals surface area contributed by atoms with Crippen molar-refractivity contribution in [3.8, 4) is 0 Å². The normalized spacial score (nSPS) is 22.0. The van der Waals surface area contributed by atoms with E-state index < -0.39 is 0 Å². The SMILES string of the molecule is CC(C)(C)CC(N)CC(=O)N1CCC(C(N)=O)C1. The molecule has 5 nitrogen and oxygen atoms in total. The quantitative estimate of drug-likeness (QED) is 0.765. The average molecular weight is 255 g/mol. The highest BCUT2D eigenvalue weighted by atomic mass is 16.2. The molecule has 0 aromatic heterocycles. The van der Waals surface area contributed by atoms with Crippen LogP contribution in [0.3, 0.4) is 0 Å². The summed E-state index contributed by atoms with van der Waals surface area (Å²) in [7, 11) is 0. The lowest BCUT2D eigenvalue weighted by Gasteiger charge is -2.24. The van der Waals surface area contributed by atoms with Crippen LogP contribution < -0.4 is 11.5 Å². The first-order chi connectivity index (χ1) is 8.19. The van der Waals surface area contributed by atoms with E-state index in [1.165, 1.54) is 0 Å². The Balaban J connectivity index is 2.40. The molecule has 4 N–H and O–H groups in total. The molecule has 0 saturated carbocycles. The number of nitrogens with zero attached hydrogens (tertiary/aromatic N) is 1. The molecular formula is C13H25N3O2. The standard InChI is InChI=1S/C13H25N3O2/c1-13(2,3)7-10(14)6-11(17)16-5-4-9(8-16)12(15)18/h9-10H,4-8,14H2,1-3H3,(H2,15,18). The van der Waals surface area contributed by atoms with Gasteiger partial charge < -0.3 is 16.4 Å². The molecule has 1 heterocycles. The lowest BCUT2D eigenvalue weighted by Crippen LogP contribution is -2.37. The molecule has 1 rings (SSSR count). The maximum Gasteiger partial charge on any atom is 0.224 e. The monoisotopic (exact) mass is 255 g/mol. The molecule has 1 fully saturated rings. The van der Waals surface area contributed by atoms with Gasteiger partial charge in [0.1, 0.15) is 0 Å². The summed E-state index contributed by atoms with van der Waals surface area (Å²) < 4.78 is 0. The first-order valence-corrected chi connectivity index (χ1v) is 6.52. The van der Waals surface area contributed by atoms with Gasteiger partial charge >= 0.3 is 0 Å². The zero-order valence-electron chi connectivity index (χ0n) is 11.6. The van der Waals surface area contributed by atoms with Gasteiger partial charge in [-0.25, -0.2) is 0 Å². The third-order valence-corrected chi connectivity index (χ3v) is 3.25. The molecule has 0 spiro atoms. The Kier molecular flexibility index (Phi) is 4.73. The zero-order valence-corrected chi connectivity index (χ0v) is 11.6. The minimum absolute atomic E-state index is 0.0375. The Morgan fingerprint density at radius 1 is 1.39 bits per heavy atom. The second kappa shape index (κ2) is 5.69. The minimum Gasteiger partial charge on any atom is -0.369 e. The van der Waals surface area contributed by atoms with E-state index in [4.69, 9.17) is 11.5 Å². The minimum atomic E-state index is -0.315. The molecule has 104 valence electrons. The van der Waals surface area contributed by atoms with Gasteiger partial charge in [0.2, 0.25) is 11.8 Å². The number of hydrogen-bond donors (Lipinski definition) is 2. The largest absolute Gasteiger partial charge is 0.369 e. The molecular weight excluding hydrogens is 230 g/mol. The van der Waals surface area contributed by atoms with E-state index in [2.05, 4.69) is 20.8 Å². The van der Waals surface area contributed by atoms with Gasteiger partial charge in [0.15, 0.2) is 0 Å². The number of rotatable bonds is 4. The van der Waals surface area contributed by atoms with Crippen molar-refractivity contribution in [2.75, 3.05) is 13.1 Å². The van der Waals surface area contributed by atoms with E-state index in [-0.39, 0.29) is 29.2 Å². The average Bonchev–Trinajstić information content (AvgIpc) is 2.62. The van der Waals surface area contributed by atoms with Crippen LogP contribution >= 0.6 is 0 Å². The fraction of sp³-hybridized carbons (Fsp3) is 0.846. The molecule has 0 aromatic carbocycles. The van der Waals surface area contributed by atoms with Gasteiger partial charge in [-0.15, -0.1) is 0 Å². The lowest BCUT2D eigenvalue weighted by molar-refractivity contribution is -0.131. The van der Waals surface area contributed by atoms with Crippen molar-refractivity contribution >= 4 is 11.8 Å². The van der Waals surface area contributed by atoms with Crippen molar-refractivity contribution in [2.24, 2.45) is 22.8 Å². The topological polar surface area (TPSA) is 89.4 Å². The van der Waals surface area contributed by atoms with Gasteiger partial charge in [0, 0.05) is 25.6 Å². The summed E-state index contributed by atoms with van der Waals surface area (Å²) in [5.74, 6) is -0.465. The van der Waals surface area contributed by atoms with Crippen LogP contribution in [0.1, 0.15) is 40.0 Å². The van der Waals surface area contributed by atoms with Crippen LogP contribution in [0.2, 0.25) is 0 Å². The predicted molar refractivity (Wildman–Crippen MR) is 70.5 cm³/mol. The maximum atomic E-state index is 12.0. The number of nitrogens with two attached hydrogens (primary N) is 2. The molecule has 5 heteroatoms. The number of primary amides is 1. The van der Waals surface area contributed by atoms with Crippen molar-refractivity contribution in [2.45, 2.75) is 46.1 Å². The lowest BCUT2D eigenvalue weighted by atomic mass is 9.87. The van der Waals surface area contributed by atoms with Crippen molar-refractivity contribution in [3.63, 3.8) is 0 Å². The summed E-state index contributed by atoms with van der Waals surface area (Å²) in [5, 5.41) is 0. The Bertz CT molecular complexity index is 323. The van der Waals surface area contributed by atoms with Crippen LogP contribution in [0, 0.1) is 11.3 Å². The Morgan fingerprint density at radius 2 is 2.00 bits per heavy atom. The number of hydrogen-bond acceptors (Lipinski definition) is 3. The smallest absolute Gasteiger partial charge is 0.224 e. The maximum absolute atomic E-state index is 12.0. The fourth-order valence-electron chi connectivity index (χ4n) is 2.43. The number of carbonyl (C=O) groups is 2. The predicted octanol–water partition coefficient (Wildman–Crippen LogP) is 0.474. The molecule has 1 aliphatic rings. The van der Waals surface area contributed by atoms with Gasteiger partial charge in [0.05, 0.1) is 5.92 Å². The van der Waals surface area contributed by atoms with Crippen molar-refractivity contribution in [1.29, 1.82) is 0 Å². The summed E-state index contributed by atoms with van der Waals surface area (Å²) in [5.41, 5.74) is 11.4. The van der Waals surface area contributed by atoms with E-state index in [9.17, 15) is 9.59 Å². The molecule has 0 aromatic rings. The van der Waals surface area contributed by atoms with Crippen molar-refractivity contribution in [3.05, 3.63) is 0 Å². The third kappa shape index (κ3) is 4.64. The van der Waals surface area contributed by atoms with Gasteiger partial charge in [-0.2, -0.15) is 0 Å². The molecule has 0 radical (unpaired) electrons. The van der Waals surface area contributed by atoms with Crippen LogP contribution in [0.25, 0.3) is 0 Å². The Hall–Kier alpha value is -1.10. The molecule has 0 bridgehead atoms. The van der Waals surface area contributed by atoms with E-state index in [0.29, 0.717) is 25.9 Å². The van der Waals surface area contributed by atoms with Gasteiger partial charge in [-0.1, -0.05) is 20.8 Å². The summed E-state index contributed by atoms with van der Waals surface area (Å²) in [6, 6.07) is -0.120. The Labute approximate surface area is 109 Å². The molecule has 2 unspecified atom stereocenters. The highest BCUT2D eigenvalue weighted by molar-refractivity contribution is 5.81. The number of amides is 2. The number of likely N-dealkylation sites (tertiary alicyclic amines) is 1. The molecule has 2 atom stereocenters. The molecule has 0 aliphatic carbocycles. The van der Waals surface area contributed by atoms with Crippen LogP contribution in [0.4, 0.5) is 0 Å². The van der Waals surface area contributed by atoms with Crippen LogP contribution in [0.15, 0.2) is 0 Å². The highest BCUT2D eigenvalue weighted by Crippen LogP contribution is 2.22. The zero-order chi connectivity index (χ0) is 13.9. The first kappa shape index (κ1) is 15.0. The molecule has 18 heavy (non-hydrogen) atoms. The summed E-state index contributed by atoms with van der Waals surface area (Å²) in [6.45, 7) is 7.40. The van der Waals surface area contributed by atoms with Crippen LogP contribution in [-0.2, 0) is 9.59 Å². The second-order valence-corrected chi connectivity index (χ2v) is 6.46. The Morgan fingerprint density at radius 3 is 2.44 bits per heavy atom. The number of carbonyl (C=O) groups excluding carboxylic acids is 2. The van der Waals surface area contributed by atoms with E-state index >= 15 is 0 Å². The first-order valence-electron chi connectivity index (χ1n) is 6.52. The summed E-state index contributed by atoms with van der Waals surface area (Å²) in [4.78, 5) is 24.7. The van der Waals surface area contributed by atoms with Crippen molar-refractivity contribution in [1.82, 2.24) is 4.90 Å². The second-order valence-electron chi connectivity index (χ2n) is 6.46. The molecule has 2 amide bonds. The van der Waals surface area contributed by atoms with Gasteiger partial charge in [-0.3, -0.25) is 9.59 Å². The van der Waals surface area contributed by atoms with E-state index in [1.54, 1.807) is 4.90 Å². The van der Waals surface area contributed by atoms with E-state index in [0.717, 1.165) is 6.42 Å². The highest BCUT2D eigenvalue weighted by Gasteiger charge is 2.30. The third-order valence-electron chi connectivity index (χ3n) is 3.25. The summed E-state index contributed by atoms with van der Waals surface area (Å²) >= 11 is 0. The van der Waals surface area contributed by atoms with Gasteiger partial charge in [0.25, 0.3) is 0 Å². The van der Waals surface area contributed by atoms with E-state index in [1.807, 2.05) is 0 Å². The molecule has 1 aliphatic heterocycles.